The van der Waals surface area contributed by atoms with Crippen molar-refractivity contribution in [1.29, 1.82) is 0 Å². The number of benzene rings is 1. The van der Waals surface area contributed by atoms with Crippen molar-refractivity contribution in [2.45, 2.75) is 37.5 Å². The van der Waals surface area contributed by atoms with E-state index < -0.39 is 23.8 Å². The van der Waals surface area contributed by atoms with Crippen LogP contribution in [-0.2, 0) is 15.7 Å². The molecule has 12 heteroatoms. The van der Waals surface area contributed by atoms with Crippen molar-refractivity contribution in [3.05, 3.63) is 77.0 Å². The number of aliphatic imine (C=N–C) groups is 1. The molecule has 0 unspecified atom stereocenters. The van der Waals surface area contributed by atoms with Crippen LogP contribution in [0.1, 0.15) is 41.9 Å². The zero-order chi connectivity index (χ0) is 27.9. The molecule has 2 aromatic heterocycles. The number of ether oxygens (including phenoxy) is 1. The number of alkyl halides is 3. The minimum Gasteiger partial charge on any atom is -0.402 e. The smallest absolute Gasteiger partial charge is 0.402 e. The molecular weight excluding hydrogens is 525 g/mol. The first kappa shape index (κ1) is 25.9. The molecule has 2 N–H and O–H groups in total. The Morgan fingerprint density at radius 2 is 2.05 bits per heavy atom. The number of hydrogen-bond donors (Lipinski definition) is 2. The highest BCUT2D eigenvalue weighted by molar-refractivity contribution is 6.20. The summed E-state index contributed by atoms with van der Waals surface area (Å²) in [4.78, 5) is 21.9. The van der Waals surface area contributed by atoms with Gasteiger partial charge < -0.3 is 19.8 Å². The SMILES string of the molecule is COC[C@@H]1C[C@H]1c1cc(C(F)(F)F)cnc1-c1nnc(N[C@@H]2N=C(C3=CCCC=C3)c3ccccc3NC2=O)o1. The average molecular weight is 551 g/mol. The molecule has 3 aromatic rings. The van der Waals surface area contributed by atoms with E-state index in [0.717, 1.165) is 36.2 Å². The minimum absolute atomic E-state index is 0.0614. The number of rotatable bonds is 7. The lowest BCUT2D eigenvalue weighted by Crippen LogP contribution is -2.32. The molecule has 1 aliphatic heterocycles. The van der Waals surface area contributed by atoms with Crippen molar-refractivity contribution >= 4 is 23.3 Å². The van der Waals surface area contributed by atoms with Gasteiger partial charge in [0.25, 0.3) is 11.8 Å². The number of carbonyl (C=O) groups excluding carboxylic acids is 1. The molecule has 1 saturated carbocycles. The Labute approximate surface area is 227 Å². The lowest BCUT2D eigenvalue weighted by Gasteiger charge is -2.13. The summed E-state index contributed by atoms with van der Waals surface area (Å²) in [5, 5.41) is 13.8. The Morgan fingerprint density at radius 3 is 2.83 bits per heavy atom. The second-order valence-corrected chi connectivity index (χ2v) is 9.83. The number of methoxy groups -OCH3 is 1. The first-order valence-corrected chi connectivity index (χ1v) is 12.8. The average Bonchev–Trinajstić information content (AvgIpc) is 3.59. The van der Waals surface area contributed by atoms with Gasteiger partial charge >= 0.3 is 12.2 Å². The fraction of sp³-hybridized carbons (Fsp3) is 0.321. The lowest BCUT2D eigenvalue weighted by molar-refractivity contribution is -0.137. The first-order valence-electron chi connectivity index (χ1n) is 12.8. The third kappa shape index (κ3) is 5.14. The largest absolute Gasteiger partial charge is 0.417 e. The number of carbonyl (C=O) groups is 1. The number of benzodiazepines with no additional fused rings is 1. The Kier molecular flexibility index (Phi) is 6.70. The number of allylic oxidation sites excluding steroid dienone is 4. The molecule has 40 heavy (non-hydrogen) atoms. The van der Waals surface area contributed by atoms with Gasteiger partial charge in [-0.1, -0.05) is 41.5 Å². The van der Waals surface area contributed by atoms with Crippen molar-refractivity contribution in [2.75, 3.05) is 24.4 Å². The second kappa shape index (κ2) is 10.3. The third-order valence-electron chi connectivity index (χ3n) is 7.05. The molecule has 3 aliphatic rings. The zero-order valence-corrected chi connectivity index (χ0v) is 21.4. The summed E-state index contributed by atoms with van der Waals surface area (Å²) in [6.45, 7) is 0.419. The van der Waals surface area contributed by atoms with Crippen LogP contribution in [0, 0.1) is 5.92 Å². The standard InChI is InChI=1S/C28H25F3N6O3/c1-39-14-16-11-19(16)20-12-17(28(29,30)31)13-32-23(20)26-36-37-27(40-26)35-24-25(38)33-21-10-6-5-9-18(21)22(34-24)15-7-3-2-4-8-15/h3,5-10,12-13,16,19,24H,2,4,11,14H2,1H3,(H,33,38)(H,35,37)/t16-,19+,24-/m0/s1. The Morgan fingerprint density at radius 1 is 1.20 bits per heavy atom. The summed E-state index contributed by atoms with van der Waals surface area (Å²) in [7, 11) is 1.55. The number of nitrogens with zero attached hydrogens (tertiary/aromatic N) is 4. The molecule has 206 valence electrons. The van der Waals surface area contributed by atoms with Gasteiger partial charge in [0.15, 0.2) is 0 Å². The molecule has 0 spiro atoms. The maximum absolute atomic E-state index is 13.4. The molecule has 0 radical (unpaired) electrons. The van der Waals surface area contributed by atoms with E-state index in [2.05, 4.69) is 38.0 Å². The molecule has 3 atom stereocenters. The van der Waals surface area contributed by atoms with Crippen molar-refractivity contribution in [2.24, 2.45) is 10.9 Å². The van der Waals surface area contributed by atoms with Gasteiger partial charge in [0.1, 0.15) is 5.69 Å². The second-order valence-electron chi connectivity index (χ2n) is 9.83. The van der Waals surface area contributed by atoms with Crippen LogP contribution in [0.25, 0.3) is 11.6 Å². The van der Waals surface area contributed by atoms with Crippen LogP contribution in [0.3, 0.4) is 0 Å². The fourth-order valence-electron chi connectivity index (χ4n) is 4.99. The van der Waals surface area contributed by atoms with E-state index in [0.29, 0.717) is 30.0 Å². The van der Waals surface area contributed by atoms with Crippen molar-refractivity contribution in [1.82, 2.24) is 15.2 Å². The summed E-state index contributed by atoms with van der Waals surface area (Å²) in [6.07, 6.45) is 3.64. The van der Waals surface area contributed by atoms with Crippen LogP contribution in [0.4, 0.5) is 24.9 Å². The molecule has 2 aliphatic carbocycles. The highest BCUT2D eigenvalue weighted by Crippen LogP contribution is 2.50. The number of pyridine rings is 1. The van der Waals surface area contributed by atoms with E-state index in [9.17, 15) is 18.0 Å². The van der Waals surface area contributed by atoms with Crippen LogP contribution >= 0.6 is 0 Å². The fourth-order valence-corrected chi connectivity index (χ4v) is 4.99. The normalized spacial score (nSPS) is 22.1. The van der Waals surface area contributed by atoms with E-state index in [1.807, 2.05) is 24.3 Å². The van der Waals surface area contributed by atoms with E-state index >= 15 is 0 Å². The van der Waals surface area contributed by atoms with Gasteiger partial charge in [0.2, 0.25) is 6.17 Å². The maximum atomic E-state index is 13.4. The number of nitrogens with one attached hydrogen (secondary N) is 2. The van der Waals surface area contributed by atoms with E-state index in [1.165, 1.54) is 0 Å². The summed E-state index contributed by atoms with van der Waals surface area (Å²) < 4.78 is 51.3. The predicted octanol–water partition coefficient (Wildman–Crippen LogP) is 5.36. The number of hydrogen-bond acceptors (Lipinski definition) is 8. The molecule has 3 heterocycles. The molecule has 9 nitrogen and oxygen atoms in total. The number of para-hydroxylation sites is 1. The van der Waals surface area contributed by atoms with Gasteiger partial charge in [-0.15, -0.1) is 5.10 Å². The van der Waals surface area contributed by atoms with Gasteiger partial charge in [-0.3, -0.25) is 9.78 Å². The molecule has 0 saturated heterocycles. The first-order chi connectivity index (χ1) is 19.3. The topological polar surface area (TPSA) is 115 Å². The number of amides is 1. The third-order valence-corrected chi connectivity index (χ3v) is 7.05. The van der Waals surface area contributed by atoms with Crippen LogP contribution in [-0.4, -0.2) is 46.7 Å². The molecular formula is C28H25F3N6O3. The van der Waals surface area contributed by atoms with Crippen LogP contribution < -0.4 is 10.6 Å². The van der Waals surface area contributed by atoms with Crippen molar-refractivity contribution < 1.29 is 27.1 Å². The van der Waals surface area contributed by atoms with E-state index in [1.54, 1.807) is 13.2 Å². The lowest BCUT2D eigenvalue weighted by atomic mass is 9.96. The summed E-state index contributed by atoms with van der Waals surface area (Å²) in [5.41, 5.74) is 2.60. The molecule has 1 amide bonds. The van der Waals surface area contributed by atoms with Crippen molar-refractivity contribution in [3.8, 4) is 11.6 Å². The number of anilines is 2. The number of fused-ring (bicyclic) bond motifs is 1. The zero-order valence-electron chi connectivity index (χ0n) is 21.4. The molecule has 1 fully saturated rings. The van der Waals surface area contributed by atoms with Crippen LogP contribution in [0.2, 0.25) is 0 Å². The summed E-state index contributed by atoms with van der Waals surface area (Å²) in [6, 6.07) is 8.35. The maximum Gasteiger partial charge on any atom is 0.417 e. The predicted molar refractivity (Wildman–Crippen MR) is 141 cm³/mol. The summed E-state index contributed by atoms with van der Waals surface area (Å²) >= 11 is 0. The minimum atomic E-state index is -4.55. The quantitative estimate of drug-likeness (QED) is 0.407. The van der Waals surface area contributed by atoms with E-state index in [4.69, 9.17) is 14.1 Å². The summed E-state index contributed by atoms with van der Waals surface area (Å²) in [5.74, 6) is -0.602. The van der Waals surface area contributed by atoms with Gasteiger partial charge in [-0.05, 0) is 54.4 Å². The number of halogens is 3. The number of aromatic nitrogens is 3. The van der Waals surface area contributed by atoms with Crippen LogP contribution in [0.15, 0.2) is 69.7 Å². The molecule has 0 bridgehead atoms. The van der Waals surface area contributed by atoms with Gasteiger partial charge in [-0.25, -0.2) is 4.99 Å². The highest BCUT2D eigenvalue weighted by atomic mass is 19.4. The van der Waals surface area contributed by atoms with E-state index in [-0.39, 0.29) is 29.4 Å². The van der Waals surface area contributed by atoms with Gasteiger partial charge in [-0.2, -0.15) is 13.2 Å². The van der Waals surface area contributed by atoms with Gasteiger partial charge in [0, 0.05) is 25.5 Å². The van der Waals surface area contributed by atoms with Crippen LogP contribution in [0.5, 0.6) is 0 Å². The Bertz CT molecular complexity index is 1540. The molecule has 1 aromatic carbocycles. The monoisotopic (exact) mass is 550 g/mol. The van der Waals surface area contributed by atoms with Gasteiger partial charge in [0.05, 0.1) is 17.0 Å². The van der Waals surface area contributed by atoms with Crippen molar-refractivity contribution in [3.63, 3.8) is 0 Å². The Balaban J connectivity index is 1.31. The molecule has 6 rings (SSSR count). The highest BCUT2D eigenvalue weighted by Gasteiger charge is 2.42. The Hall–Kier alpha value is -4.32.